The van der Waals surface area contributed by atoms with E-state index in [9.17, 15) is 9.18 Å². The number of hydrogen-bond donors (Lipinski definition) is 1. The first-order chi connectivity index (χ1) is 12.5. The molecule has 136 valence electrons. The van der Waals surface area contributed by atoms with E-state index in [4.69, 9.17) is 9.47 Å². The van der Waals surface area contributed by atoms with Crippen molar-refractivity contribution in [3.8, 4) is 17.4 Å². The summed E-state index contributed by atoms with van der Waals surface area (Å²) in [6, 6.07) is 7.45. The number of nitrogens with one attached hydrogen (secondary N) is 1. The average Bonchev–Trinajstić information content (AvgIpc) is 2.62. The maximum Gasteiger partial charge on any atom is 0.219 e. The number of halogens is 1. The number of pyridine rings is 1. The Morgan fingerprint density at radius 1 is 1.38 bits per heavy atom. The minimum Gasteiger partial charge on any atom is -0.494 e. The van der Waals surface area contributed by atoms with E-state index in [2.05, 4.69) is 16.9 Å². The third-order valence-corrected chi connectivity index (χ3v) is 3.31. The minimum absolute atomic E-state index is 0.0455. The largest absolute Gasteiger partial charge is 0.494 e. The molecule has 1 atom stereocenters. The molecule has 0 aliphatic rings. The summed E-state index contributed by atoms with van der Waals surface area (Å²) in [5.74, 6) is 0.193. The lowest BCUT2D eigenvalue weighted by molar-refractivity contribution is -0.119. The molecule has 0 saturated carbocycles. The molecule has 0 aliphatic carbocycles. The van der Waals surface area contributed by atoms with Gasteiger partial charge in [-0.1, -0.05) is 18.2 Å². The molecule has 2 aromatic rings. The van der Waals surface area contributed by atoms with Crippen LogP contribution in [-0.4, -0.2) is 23.5 Å². The van der Waals surface area contributed by atoms with Gasteiger partial charge in [-0.15, -0.1) is 6.58 Å². The molecule has 1 aromatic carbocycles. The fourth-order valence-electron chi connectivity index (χ4n) is 2.12. The van der Waals surface area contributed by atoms with E-state index in [0.29, 0.717) is 12.4 Å². The summed E-state index contributed by atoms with van der Waals surface area (Å²) in [4.78, 5) is 15.2. The molecule has 26 heavy (non-hydrogen) atoms. The summed E-state index contributed by atoms with van der Waals surface area (Å²) in [5.41, 5.74) is 0.804. The highest BCUT2D eigenvalue weighted by atomic mass is 19.1. The van der Waals surface area contributed by atoms with Crippen LogP contribution in [0.2, 0.25) is 0 Å². The summed E-state index contributed by atoms with van der Waals surface area (Å²) >= 11 is 0. The molecule has 0 radical (unpaired) electrons. The van der Waals surface area contributed by atoms with Gasteiger partial charge >= 0.3 is 0 Å². The van der Waals surface area contributed by atoms with Crippen molar-refractivity contribution >= 4 is 12.0 Å². The number of hydrogen-bond acceptors (Lipinski definition) is 4. The summed E-state index contributed by atoms with van der Waals surface area (Å²) in [7, 11) is 0. The van der Waals surface area contributed by atoms with Crippen molar-refractivity contribution in [2.45, 2.75) is 19.9 Å². The highest BCUT2D eigenvalue weighted by Crippen LogP contribution is 2.27. The zero-order chi connectivity index (χ0) is 18.9. The first-order valence-corrected chi connectivity index (χ1v) is 8.16. The lowest BCUT2D eigenvalue weighted by atomic mass is 10.2. The number of rotatable bonds is 8. The van der Waals surface area contributed by atoms with Crippen molar-refractivity contribution in [1.82, 2.24) is 10.3 Å². The van der Waals surface area contributed by atoms with Crippen molar-refractivity contribution < 1.29 is 18.7 Å². The quantitative estimate of drug-likeness (QED) is 0.723. The van der Waals surface area contributed by atoms with Crippen LogP contribution in [0, 0.1) is 5.82 Å². The minimum atomic E-state index is -0.497. The van der Waals surface area contributed by atoms with E-state index in [1.807, 2.05) is 6.92 Å². The molecule has 0 unspecified atom stereocenters. The summed E-state index contributed by atoms with van der Waals surface area (Å²) in [6.45, 7) is 7.44. The number of carbonyl (C=O) groups excluding carboxylic acids is 1. The Kier molecular flexibility index (Phi) is 6.91. The van der Waals surface area contributed by atoms with Gasteiger partial charge in [0.15, 0.2) is 11.6 Å². The molecule has 0 aliphatic heterocycles. The molecule has 0 bridgehead atoms. The van der Waals surface area contributed by atoms with E-state index < -0.39 is 5.82 Å². The van der Waals surface area contributed by atoms with Crippen LogP contribution in [0.15, 0.2) is 55.3 Å². The lowest BCUT2D eigenvalue weighted by Crippen LogP contribution is -2.29. The van der Waals surface area contributed by atoms with Crippen molar-refractivity contribution in [1.29, 1.82) is 0 Å². The number of aromatic nitrogens is 1. The molecule has 0 saturated heterocycles. The fourth-order valence-corrected chi connectivity index (χ4v) is 2.12. The van der Waals surface area contributed by atoms with Crippen LogP contribution in [0.1, 0.15) is 19.4 Å². The molecule has 0 spiro atoms. The Morgan fingerprint density at radius 2 is 2.19 bits per heavy atom. The Labute approximate surface area is 152 Å². The number of carbonyl (C=O) groups is 1. The van der Waals surface area contributed by atoms with E-state index in [1.54, 1.807) is 36.6 Å². The van der Waals surface area contributed by atoms with Gasteiger partial charge in [0.2, 0.25) is 11.8 Å². The third kappa shape index (κ3) is 5.73. The molecule has 1 N–H and O–H groups in total. The normalized spacial score (nSPS) is 11.8. The second-order valence-corrected chi connectivity index (χ2v) is 5.38. The monoisotopic (exact) mass is 356 g/mol. The van der Waals surface area contributed by atoms with Crippen LogP contribution in [0.4, 0.5) is 4.39 Å². The van der Waals surface area contributed by atoms with Gasteiger partial charge in [0.05, 0.1) is 12.6 Å². The van der Waals surface area contributed by atoms with Crippen LogP contribution in [-0.2, 0) is 4.79 Å². The van der Waals surface area contributed by atoms with Crippen molar-refractivity contribution in [3.63, 3.8) is 0 Å². The number of nitrogens with zero attached hydrogens (tertiary/aromatic N) is 1. The number of amides is 1. The summed E-state index contributed by atoms with van der Waals surface area (Å²) < 4.78 is 24.7. The van der Waals surface area contributed by atoms with Gasteiger partial charge in [-0.25, -0.2) is 9.37 Å². The van der Waals surface area contributed by atoms with Crippen molar-refractivity contribution in [2.24, 2.45) is 0 Å². The lowest BCUT2D eigenvalue weighted by Gasteiger charge is -2.09. The molecule has 1 heterocycles. The molecular weight excluding hydrogens is 335 g/mol. The van der Waals surface area contributed by atoms with Gasteiger partial charge in [-0.2, -0.15) is 0 Å². The van der Waals surface area contributed by atoms with Crippen LogP contribution in [0.5, 0.6) is 17.4 Å². The van der Waals surface area contributed by atoms with Gasteiger partial charge in [-0.05, 0) is 30.7 Å². The Morgan fingerprint density at radius 3 is 2.81 bits per heavy atom. The van der Waals surface area contributed by atoms with Gasteiger partial charge in [0.25, 0.3) is 0 Å². The standard InChI is InChI=1S/C20H21FN2O3/c1-4-16(23-14(3)24)8-6-15-7-11-20(22-13-15)26-19-12-17(25-5-2)9-10-18(19)21/h4,6-13,16H,1,5H2,2-3H3,(H,23,24)/b8-6+/t16-/m0/s1. The SMILES string of the molecule is C=C[C@@H](/C=C/c1ccc(Oc2cc(OCC)ccc2F)nc1)NC(C)=O. The molecule has 5 nitrogen and oxygen atoms in total. The van der Waals surface area contributed by atoms with Gasteiger partial charge in [-0.3, -0.25) is 4.79 Å². The fraction of sp³-hybridized carbons (Fsp3) is 0.200. The Bertz CT molecular complexity index is 788. The van der Waals surface area contributed by atoms with E-state index >= 15 is 0 Å². The number of benzene rings is 1. The molecule has 6 heteroatoms. The highest BCUT2D eigenvalue weighted by molar-refractivity contribution is 5.74. The van der Waals surface area contributed by atoms with Gasteiger partial charge in [0.1, 0.15) is 5.75 Å². The molecule has 1 aromatic heterocycles. The second kappa shape index (κ2) is 9.36. The first-order valence-electron chi connectivity index (χ1n) is 8.16. The van der Waals surface area contributed by atoms with Gasteiger partial charge < -0.3 is 14.8 Å². The maximum atomic E-state index is 13.9. The van der Waals surface area contributed by atoms with E-state index in [1.165, 1.54) is 25.1 Å². The maximum absolute atomic E-state index is 13.9. The van der Waals surface area contributed by atoms with Crippen molar-refractivity contribution in [3.05, 3.63) is 66.6 Å². The number of ether oxygens (including phenoxy) is 2. The summed E-state index contributed by atoms with van der Waals surface area (Å²) in [6.07, 6.45) is 6.80. The molecular formula is C20H21FN2O3. The second-order valence-electron chi connectivity index (χ2n) is 5.38. The van der Waals surface area contributed by atoms with E-state index in [0.717, 1.165) is 5.56 Å². The smallest absolute Gasteiger partial charge is 0.219 e. The Balaban J connectivity index is 2.06. The van der Waals surface area contributed by atoms with E-state index in [-0.39, 0.29) is 23.6 Å². The topological polar surface area (TPSA) is 60.5 Å². The first kappa shape index (κ1) is 19.2. The van der Waals surface area contributed by atoms with Crippen molar-refractivity contribution in [2.75, 3.05) is 6.61 Å². The zero-order valence-electron chi connectivity index (χ0n) is 14.7. The van der Waals surface area contributed by atoms with Crippen LogP contribution in [0.3, 0.4) is 0 Å². The van der Waals surface area contributed by atoms with Gasteiger partial charge in [0, 0.05) is 25.3 Å². The predicted octanol–water partition coefficient (Wildman–Crippen LogP) is 4.12. The van der Waals surface area contributed by atoms with Crippen LogP contribution < -0.4 is 14.8 Å². The summed E-state index contributed by atoms with van der Waals surface area (Å²) in [5, 5.41) is 2.72. The Hall–Kier alpha value is -3.15. The third-order valence-electron chi connectivity index (χ3n) is 3.31. The zero-order valence-corrected chi connectivity index (χ0v) is 14.7. The molecule has 2 rings (SSSR count). The highest BCUT2D eigenvalue weighted by Gasteiger charge is 2.08. The van der Waals surface area contributed by atoms with Crippen LogP contribution >= 0.6 is 0 Å². The van der Waals surface area contributed by atoms with Crippen LogP contribution in [0.25, 0.3) is 6.08 Å². The molecule has 1 amide bonds. The average molecular weight is 356 g/mol. The molecule has 0 fully saturated rings. The predicted molar refractivity (Wildman–Crippen MR) is 98.7 cm³/mol.